The van der Waals surface area contributed by atoms with E-state index in [0.717, 1.165) is 43.2 Å². The lowest BCUT2D eigenvalue weighted by atomic mass is 9.76. The molecule has 50 heavy (non-hydrogen) atoms. The first-order chi connectivity index (χ1) is 24.0. The second kappa shape index (κ2) is 21.1. The number of aliphatic imine (C=N–C) groups is 1. The molecule has 1 aliphatic rings. The van der Waals surface area contributed by atoms with Crippen LogP contribution in [0.4, 0.5) is 4.79 Å². The van der Waals surface area contributed by atoms with Crippen LogP contribution in [-0.2, 0) is 32.1 Å². The molecule has 14 heteroatoms. The monoisotopic (exact) mass is 691 g/mol. The highest BCUT2D eigenvalue weighted by atomic mass is 16.5. The van der Waals surface area contributed by atoms with Crippen molar-refractivity contribution in [2.75, 3.05) is 13.1 Å². The number of carbonyl (C=O) groups excluding carboxylic acids is 4. The van der Waals surface area contributed by atoms with Gasteiger partial charge in [-0.15, -0.1) is 0 Å². The van der Waals surface area contributed by atoms with Crippen LogP contribution in [0.3, 0.4) is 0 Å². The van der Waals surface area contributed by atoms with Crippen molar-refractivity contribution in [1.29, 1.82) is 5.41 Å². The first-order valence-electron chi connectivity index (χ1n) is 17.4. The Kier molecular flexibility index (Phi) is 16.5. The summed E-state index contributed by atoms with van der Waals surface area (Å²) in [6.07, 6.45) is 6.81. The predicted octanol–water partition coefficient (Wildman–Crippen LogP) is 2.31. The van der Waals surface area contributed by atoms with Crippen molar-refractivity contribution in [1.82, 2.24) is 16.0 Å². The molecule has 0 radical (unpaired) electrons. The fourth-order valence-corrected chi connectivity index (χ4v) is 6.13. The Hall–Kier alpha value is -5.14. The standard InChI is InChI=1S/C36H53N9O5/c37-31(38)27-18-16-24(17-19-27)22-28(26-12-5-2-6-13-26)33(47)45-30(34(48)44-29(32(39)46)15-9-21-42-35(40)41)14-7-8-20-43-36(49)50-23-25-10-3-1-4-11-25/h1,3-4,10-11,16-19,26,28-30H,2,5-9,12-15,20-23H2,(H3,37,38)(H2,39,46)(H,43,49)(H,44,48)(H,45,47)(H4,40,41,42)/t28-,29?,30?/m0/s1. The SMILES string of the molecule is N=C(N)c1ccc(C[C@H](C(=O)NC(CCCCNC(=O)OCc2ccccc2)C(=O)NC(CCCN=C(N)N)C(N)=O)C2CCCCC2)cc1. The topological polar surface area (TPSA) is 254 Å². The number of hydrogen-bond acceptors (Lipinski definition) is 7. The van der Waals surface area contributed by atoms with E-state index in [1.807, 2.05) is 42.5 Å². The largest absolute Gasteiger partial charge is 0.445 e. The number of benzene rings is 2. The van der Waals surface area contributed by atoms with Crippen LogP contribution in [0.5, 0.6) is 0 Å². The summed E-state index contributed by atoms with van der Waals surface area (Å²) < 4.78 is 5.26. The van der Waals surface area contributed by atoms with Gasteiger partial charge in [-0.1, -0.05) is 73.9 Å². The van der Waals surface area contributed by atoms with Crippen molar-refractivity contribution in [3.63, 3.8) is 0 Å². The van der Waals surface area contributed by atoms with E-state index < -0.39 is 30.0 Å². The zero-order valence-electron chi connectivity index (χ0n) is 28.7. The van der Waals surface area contributed by atoms with Gasteiger partial charge in [0.2, 0.25) is 17.7 Å². The molecule has 4 amide bonds. The molecular weight excluding hydrogens is 638 g/mol. The van der Waals surface area contributed by atoms with Gasteiger partial charge < -0.3 is 43.6 Å². The van der Waals surface area contributed by atoms with E-state index >= 15 is 0 Å². The minimum Gasteiger partial charge on any atom is -0.445 e. The van der Waals surface area contributed by atoms with Crippen LogP contribution in [-0.4, -0.2) is 60.8 Å². The van der Waals surface area contributed by atoms with Gasteiger partial charge in [0.25, 0.3) is 0 Å². The summed E-state index contributed by atoms with van der Waals surface area (Å²) in [5, 5.41) is 16.1. The Balaban J connectivity index is 1.68. The lowest BCUT2D eigenvalue weighted by Crippen LogP contribution is -2.54. The molecule has 0 aliphatic heterocycles. The first-order valence-corrected chi connectivity index (χ1v) is 17.4. The molecule has 2 unspecified atom stereocenters. The average Bonchev–Trinajstić information content (AvgIpc) is 3.10. The highest BCUT2D eigenvalue weighted by Gasteiger charge is 2.33. The zero-order chi connectivity index (χ0) is 36.3. The molecule has 12 N–H and O–H groups in total. The van der Waals surface area contributed by atoms with Crippen molar-refractivity contribution >= 4 is 35.6 Å². The second-order valence-corrected chi connectivity index (χ2v) is 12.8. The van der Waals surface area contributed by atoms with Crippen molar-refractivity contribution in [3.05, 3.63) is 71.3 Å². The van der Waals surface area contributed by atoms with Crippen LogP contribution < -0.4 is 38.9 Å². The Bertz CT molecular complexity index is 1430. The smallest absolute Gasteiger partial charge is 0.407 e. The molecule has 3 rings (SSSR count). The number of unbranched alkanes of at least 4 members (excludes halogenated alkanes) is 1. The van der Waals surface area contributed by atoms with Gasteiger partial charge in [-0.2, -0.15) is 0 Å². The summed E-state index contributed by atoms with van der Waals surface area (Å²) in [5.74, 6) is -1.82. The van der Waals surface area contributed by atoms with E-state index in [2.05, 4.69) is 20.9 Å². The molecule has 0 bridgehead atoms. The van der Waals surface area contributed by atoms with E-state index in [4.69, 9.17) is 33.1 Å². The van der Waals surface area contributed by atoms with Gasteiger partial charge in [-0.3, -0.25) is 24.8 Å². The average molecular weight is 692 g/mol. The third kappa shape index (κ3) is 14.1. The third-order valence-corrected chi connectivity index (χ3v) is 8.92. The molecule has 1 fully saturated rings. The number of carbonyl (C=O) groups is 4. The van der Waals surface area contributed by atoms with E-state index in [1.54, 1.807) is 12.1 Å². The number of nitrogens with one attached hydrogen (secondary N) is 4. The molecule has 0 aromatic heterocycles. The minimum absolute atomic E-state index is 0.0308. The Morgan fingerprint density at radius 2 is 1.46 bits per heavy atom. The van der Waals surface area contributed by atoms with Crippen LogP contribution in [0.1, 0.15) is 80.9 Å². The number of nitrogens with two attached hydrogens (primary N) is 4. The van der Waals surface area contributed by atoms with E-state index in [9.17, 15) is 19.2 Å². The zero-order valence-corrected chi connectivity index (χ0v) is 28.7. The van der Waals surface area contributed by atoms with Gasteiger partial charge in [0, 0.05) is 24.6 Å². The highest BCUT2D eigenvalue weighted by molar-refractivity contribution is 5.95. The van der Waals surface area contributed by atoms with Gasteiger partial charge in [-0.05, 0) is 68.4 Å². The summed E-state index contributed by atoms with van der Waals surface area (Å²) in [6, 6.07) is 14.7. The third-order valence-electron chi connectivity index (χ3n) is 8.92. The van der Waals surface area contributed by atoms with Gasteiger partial charge >= 0.3 is 6.09 Å². The molecule has 3 atom stereocenters. The van der Waals surface area contributed by atoms with Crippen molar-refractivity contribution in [2.45, 2.75) is 89.3 Å². The van der Waals surface area contributed by atoms with Gasteiger partial charge in [0.1, 0.15) is 24.5 Å². The van der Waals surface area contributed by atoms with Gasteiger partial charge in [0.15, 0.2) is 5.96 Å². The minimum atomic E-state index is -0.980. The number of amides is 4. The van der Waals surface area contributed by atoms with Crippen LogP contribution in [0.25, 0.3) is 0 Å². The quantitative estimate of drug-likeness (QED) is 0.0579. The predicted molar refractivity (Wildman–Crippen MR) is 193 cm³/mol. The number of ether oxygens (including phenoxy) is 1. The van der Waals surface area contributed by atoms with Crippen LogP contribution in [0.2, 0.25) is 0 Å². The summed E-state index contributed by atoms with van der Waals surface area (Å²) in [4.78, 5) is 56.1. The number of primary amides is 1. The van der Waals surface area contributed by atoms with E-state index in [-0.39, 0.29) is 55.5 Å². The number of nitrogen functional groups attached to an aromatic ring is 1. The van der Waals surface area contributed by atoms with E-state index in [1.165, 1.54) is 0 Å². The first kappa shape index (κ1) is 39.3. The van der Waals surface area contributed by atoms with Crippen LogP contribution >= 0.6 is 0 Å². The second-order valence-electron chi connectivity index (χ2n) is 12.8. The Morgan fingerprint density at radius 1 is 0.800 bits per heavy atom. The summed E-state index contributed by atoms with van der Waals surface area (Å²) >= 11 is 0. The van der Waals surface area contributed by atoms with Crippen LogP contribution in [0, 0.1) is 17.2 Å². The lowest BCUT2D eigenvalue weighted by molar-refractivity contribution is -0.134. The van der Waals surface area contributed by atoms with E-state index in [0.29, 0.717) is 37.8 Å². The molecule has 0 heterocycles. The molecule has 272 valence electrons. The summed E-state index contributed by atoms with van der Waals surface area (Å²) in [6.45, 7) is 0.724. The molecule has 0 spiro atoms. The maximum atomic E-state index is 14.0. The number of alkyl carbamates (subject to hydrolysis) is 1. The molecular formula is C36H53N9O5. The molecule has 2 aromatic rings. The maximum Gasteiger partial charge on any atom is 0.407 e. The fourth-order valence-electron chi connectivity index (χ4n) is 6.13. The Morgan fingerprint density at radius 3 is 2.10 bits per heavy atom. The number of rotatable bonds is 20. The number of guanidine groups is 1. The normalized spacial score (nSPS) is 14.7. The molecule has 14 nitrogen and oxygen atoms in total. The highest BCUT2D eigenvalue weighted by Crippen LogP contribution is 2.32. The van der Waals surface area contributed by atoms with Crippen molar-refractivity contribution < 1.29 is 23.9 Å². The number of nitrogens with zero attached hydrogens (tertiary/aromatic N) is 1. The molecule has 2 aromatic carbocycles. The fraction of sp³-hybridized carbons (Fsp3) is 0.500. The van der Waals surface area contributed by atoms with Gasteiger partial charge in [-0.25, -0.2) is 4.79 Å². The van der Waals surface area contributed by atoms with Crippen molar-refractivity contribution in [3.8, 4) is 0 Å². The summed E-state index contributed by atoms with van der Waals surface area (Å²) in [7, 11) is 0. The number of hydrogen-bond donors (Lipinski definition) is 8. The molecule has 1 aliphatic carbocycles. The van der Waals surface area contributed by atoms with Crippen molar-refractivity contribution in [2.24, 2.45) is 39.8 Å². The number of amidine groups is 1. The molecule has 0 saturated heterocycles. The lowest BCUT2D eigenvalue weighted by Gasteiger charge is -2.31. The Labute approximate surface area is 294 Å². The summed E-state index contributed by atoms with van der Waals surface area (Å²) in [5.41, 5.74) is 24.4. The van der Waals surface area contributed by atoms with Crippen LogP contribution in [0.15, 0.2) is 59.6 Å². The maximum absolute atomic E-state index is 14.0. The van der Waals surface area contributed by atoms with Gasteiger partial charge in [0.05, 0.1) is 0 Å². The molecule has 1 saturated carbocycles.